The Labute approximate surface area is 203 Å². The smallest absolute Gasteiger partial charge is 0.255 e. The van der Waals surface area contributed by atoms with Crippen molar-refractivity contribution in [1.82, 2.24) is 4.90 Å². The van der Waals surface area contributed by atoms with Crippen molar-refractivity contribution in [3.63, 3.8) is 0 Å². The van der Waals surface area contributed by atoms with Gasteiger partial charge in [0.25, 0.3) is 5.91 Å². The van der Waals surface area contributed by atoms with E-state index >= 15 is 0 Å². The number of nitrogens with two attached hydrogens (primary N) is 1. The van der Waals surface area contributed by atoms with Gasteiger partial charge in [-0.1, -0.05) is 31.9 Å². The highest BCUT2D eigenvalue weighted by atomic mass is 16.3. The summed E-state index contributed by atoms with van der Waals surface area (Å²) in [7, 11) is 2.95. The summed E-state index contributed by atoms with van der Waals surface area (Å²) in [5.41, 5.74) is -1.34. The van der Waals surface area contributed by atoms with Gasteiger partial charge in [0, 0.05) is 17.4 Å². The molecule has 1 saturated carbocycles. The molecule has 10 heteroatoms. The van der Waals surface area contributed by atoms with Crippen LogP contribution in [0.25, 0.3) is 0 Å². The van der Waals surface area contributed by atoms with Gasteiger partial charge >= 0.3 is 0 Å². The molecule has 7 N–H and O–H groups in total. The van der Waals surface area contributed by atoms with E-state index in [1.165, 1.54) is 32.0 Å². The number of ketones is 2. The summed E-state index contributed by atoms with van der Waals surface area (Å²) in [4.78, 5) is 40.4. The molecule has 0 radical (unpaired) electrons. The fourth-order valence-electron chi connectivity index (χ4n) is 4.86. The first kappa shape index (κ1) is 27.8. The molecule has 0 unspecified atom stereocenters. The predicted octanol–water partition coefficient (Wildman–Crippen LogP) is 1.06. The Hall–Kier alpha value is -3.47. The van der Waals surface area contributed by atoms with Crippen molar-refractivity contribution < 1.29 is 39.9 Å². The third kappa shape index (κ3) is 4.13. The van der Waals surface area contributed by atoms with Crippen molar-refractivity contribution in [3.05, 3.63) is 71.5 Å². The first-order valence-corrected chi connectivity index (χ1v) is 10.7. The maximum absolute atomic E-state index is 13.9. The van der Waals surface area contributed by atoms with E-state index in [4.69, 9.17) is 5.73 Å². The van der Waals surface area contributed by atoms with Gasteiger partial charge in [0.05, 0.1) is 17.2 Å². The topological polar surface area (TPSA) is 182 Å². The third-order valence-corrected chi connectivity index (χ3v) is 6.85. The van der Waals surface area contributed by atoms with E-state index in [1.54, 1.807) is 13.0 Å². The largest absolute Gasteiger partial charge is 0.508 e. The lowest BCUT2D eigenvalue weighted by atomic mass is 9.56. The van der Waals surface area contributed by atoms with Gasteiger partial charge in [-0.2, -0.15) is 0 Å². The second-order valence-electron chi connectivity index (χ2n) is 9.21. The number of fused-ring (bicyclic) bond motifs is 1. The quantitative estimate of drug-likeness (QED) is 0.132. The molecular weight excluding hydrogens is 456 g/mol. The second-order valence-corrected chi connectivity index (χ2v) is 9.21. The average Bonchev–Trinajstić information content (AvgIpc) is 2.74. The van der Waals surface area contributed by atoms with Crippen LogP contribution in [0.3, 0.4) is 0 Å². The molecule has 0 heterocycles. The van der Waals surface area contributed by atoms with E-state index in [0.29, 0.717) is 0 Å². The van der Waals surface area contributed by atoms with Crippen LogP contribution in [-0.4, -0.2) is 79.2 Å². The molecule has 0 aromatic heterocycles. The van der Waals surface area contributed by atoms with Crippen molar-refractivity contribution in [2.24, 2.45) is 17.6 Å². The number of hydrogen-bond donors (Lipinski definition) is 6. The fraction of sp³-hybridized carbons (Fsp3) is 0.400. The van der Waals surface area contributed by atoms with Gasteiger partial charge in [-0.05, 0) is 39.9 Å². The summed E-state index contributed by atoms with van der Waals surface area (Å²) in [5.74, 6) is -9.04. The molecule has 190 valence electrons. The van der Waals surface area contributed by atoms with Gasteiger partial charge in [-0.3, -0.25) is 19.3 Å². The number of primary amides is 1. The highest BCUT2D eigenvalue weighted by Gasteiger charge is 2.65. The normalized spacial score (nSPS) is 30.2. The zero-order chi connectivity index (χ0) is 27.2. The van der Waals surface area contributed by atoms with Crippen LogP contribution in [0.15, 0.2) is 71.5 Å². The third-order valence-electron chi connectivity index (χ3n) is 6.85. The number of nitrogens with zero attached hydrogens (tertiary/aromatic N) is 1. The Morgan fingerprint density at radius 2 is 1.77 bits per heavy atom. The number of rotatable bonds is 7. The number of carbonyl (C=O) groups excluding carboxylic acids is 3. The average molecular weight is 489 g/mol. The molecule has 1 amide bonds. The molecule has 0 bridgehead atoms. The van der Waals surface area contributed by atoms with Crippen LogP contribution in [0, 0.1) is 11.8 Å². The minimum absolute atomic E-state index is 0.142. The first-order valence-electron chi connectivity index (χ1n) is 10.7. The molecule has 1 fully saturated rings. The number of hydrogen-bond acceptors (Lipinski definition) is 9. The van der Waals surface area contributed by atoms with E-state index in [1.807, 2.05) is 0 Å². The van der Waals surface area contributed by atoms with Crippen LogP contribution in [0.5, 0.6) is 0 Å². The zero-order valence-electron chi connectivity index (χ0n) is 20.2. The van der Waals surface area contributed by atoms with Crippen LogP contribution in [-0.2, 0) is 14.4 Å². The van der Waals surface area contributed by atoms with Gasteiger partial charge in [-0.15, -0.1) is 0 Å². The molecule has 0 aromatic rings. The summed E-state index contributed by atoms with van der Waals surface area (Å²) in [6.45, 7) is 13.6. The Balaban J connectivity index is 3.00. The van der Waals surface area contributed by atoms with Gasteiger partial charge in [0.15, 0.2) is 11.4 Å². The summed E-state index contributed by atoms with van der Waals surface area (Å²) in [5, 5.41) is 54.7. The number of Topliss-reactive ketones (excluding diaryl/α,β-unsaturated/α-hetero) is 2. The van der Waals surface area contributed by atoms with E-state index in [0.717, 1.165) is 0 Å². The highest BCUT2D eigenvalue weighted by molar-refractivity contribution is 6.24. The molecule has 2 aliphatic carbocycles. The van der Waals surface area contributed by atoms with Crippen molar-refractivity contribution >= 4 is 17.5 Å². The van der Waals surface area contributed by atoms with E-state index in [2.05, 4.69) is 19.7 Å². The monoisotopic (exact) mass is 488 g/mol. The zero-order valence-corrected chi connectivity index (χ0v) is 20.2. The number of aliphatic hydroxyl groups is 5. The second kappa shape index (κ2) is 9.29. The van der Waals surface area contributed by atoms with Gasteiger partial charge < -0.3 is 31.3 Å². The summed E-state index contributed by atoms with van der Waals surface area (Å²) >= 11 is 0. The van der Waals surface area contributed by atoms with Gasteiger partial charge in [-0.25, -0.2) is 0 Å². The lowest BCUT2D eigenvalue weighted by molar-refractivity contribution is -0.157. The van der Waals surface area contributed by atoms with Gasteiger partial charge in [0.1, 0.15) is 22.9 Å². The molecular formula is C25H32N2O8. The number of aliphatic hydroxyl groups excluding tert-OH is 3. The van der Waals surface area contributed by atoms with Crippen molar-refractivity contribution in [2.45, 2.75) is 37.5 Å². The van der Waals surface area contributed by atoms with Crippen LogP contribution >= 0.6 is 0 Å². The molecule has 2 rings (SSSR count). The summed E-state index contributed by atoms with van der Waals surface area (Å²) in [6.07, 6.45) is 2.74. The minimum Gasteiger partial charge on any atom is -0.508 e. The summed E-state index contributed by atoms with van der Waals surface area (Å²) in [6, 6.07) is -1.30. The number of carbonyl (C=O) groups is 3. The Kier molecular flexibility index (Phi) is 7.37. The molecule has 0 spiro atoms. The van der Waals surface area contributed by atoms with Crippen molar-refractivity contribution in [3.8, 4) is 0 Å². The molecule has 5 atom stereocenters. The van der Waals surface area contributed by atoms with Crippen LogP contribution < -0.4 is 5.73 Å². The van der Waals surface area contributed by atoms with E-state index in [-0.39, 0.29) is 12.0 Å². The van der Waals surface area contributed by atoms with Crippen molar-refractivity contribution in [2.75, 3.05) is 14.1 Å². The van der Waals surface area contributed by atoms with E-state index in [9.17, 15) is 39.9 Å². The predicted molar refractivity (Wildman–Crippen MR) is 128 cm³/mol. The van der Waals surface area contributed by atoms with Crippen LogP contribution in [0.1, 0.15) is 20.3 Å². The molecule has 0 aromatic carbocycles. The lowest BCUT2D eigenvalue weighted by Crippen LogP contribution is -2.67. The summed E-state index contributed by atoms with van der Waals surface area (Å²) < 4.78 is 0. The molecule has 35 heavy (non-hydrogen) atoms. The van der Waals surface area contributed by atoms with Crippen LogP contribution in [0.2, 0.25) is 0 Å². The Morgan fingerprint density at radius 1 is 1.23 bits per heavy atom. The van der Waals surface area contributed by atoms with Crippen LogP contribution in [0.4, 0.5) is 0 Å². The molecule has 0 saturated heterocycles. The highest BCUT2D eigenvalue weighted by Crippen LogP contribution is 2.52. The number of amides is 1. The fourth-order valence-corrected chi connectivity index (χ4v) is 4.86. The Morgan fingerprint density at radius 3 is 2.20 bits per heavy atom. The first-order chi connectivity index (χ1) is 16.0. The van der Waals surface area contributed by atoms with Crippen molar-refractivity contribution in [1.29, 1.82) is 0 Å². The Bertz CT molecular complexity index is 1120. The standard InChI is InChI=1S/C25H32N2O8/c1-8-9-11(2)24(5,34)14-10-15-18(27(6)7)20(30)17(23(26)33)22(32)25(15,35)21(31)16(14)19(29)12(3)13(4)28/h8-9,14-15,18,28-29,32,34-35H,2-4,10H2,1,5-7H3,(H2,26,33)/b9-8-,19-16?/t14-,15-,18-,24+,25-/m0/s1. The lowest BCUT2D eigenvalue weighted by Gasteiger charge is -2.51. The minimum atomic E-state index is -2.86. The molecule has 10 nitrogen and oxygen atoms in total. The maximum Gasteiger partial charge on any atom is 0.255 e. The molecule has 2 aliphatic rings. The maximum atomic E-state index is 13.9. The number of allylic oxidation sites excluding steroid dienone is 1. The number of likely N-dealkylation sites (N-methyl/N-ethyl adjacent to an activating group) is 1. The molecule has 0 aliphatic heterocycles. The van der Waals surface area contributed by atoms with E-state index < -0.39 is 80.6 Å². The SMILES string of the molecule is C=C(O)C(=C)C(O)=C1C(=O)[C@]2(O)C(O)=C(C(N)=O)C(=O)[C@@H](N(C)C)[C@@H]2C[C@@H]1[C@](C)(O)C(=C)/C=C\C. The van der Waals surface area contributed by atoms with Gasteiger partial charge in [0.2, 0.25) is 5.78 Å².